The predicted molar refractivity (Wildman–Crippen MR) is 92.3 cm³/mol. The zero-order valence-corrected chi connectivity index (χ0v) is 15.1. The molecule has 0 aromatic carbocycles. The maximum absolute atomic E-state index is 13.6. The fraction of sp³-hybridized carbons (Fsp3) is 0.444. The first-order chi connectivity index (χ1) is 13.3. The normalized spacial score (nSPS) is 18.0. The van der Waals surface area contributed by atoms with Gasteiger partial charge in [0.15, 0.2) is 0 Å². The predicted octanol–water partition coefficient (Wildman–Crippen LogP) is 3.15. The van der Waals surface area contributed by atoms with E-state index in [-0.39, 0.29) is 40.9 Å². The van der Waals surface area contributed by atoms with E-state index in [1.54, 1.807) is 28.2 Å². The first kappa shape index (κ1) is 18.5. The summed E-state index contributed by atoms with van der Waals surface area (Å²) in [6, 6.07) is 1.07. The highest BCUT2D eigenvalue weighted by Crippen LogP contribution is 2.38. The lowest BCUT2D eigenvalue weighted by molar-refractivity contribution is -0.136. The Labute approximate surface area is 158 Å². The van der Waals surface area contributed by atoms with Gasteiger partial charge < -0.3 is 14.0 Å². The summed E-state index contributed by atoms with van der Waals surface area (Å²) in [4.78, 5) is 22.4. The van der Waals surface area contributed by atoms with Crippen LogP contribution in [0.3, 0.4) is 0 Å². The summed E-state index contributed by atoms with van der Waals surface area (Å²) >= 11 is 0. The maximum atomic E-state index is 13.6. The zero-order chi connectivity index (χ0) is 19.9. The van der Waals surface area contributed by atoms with Gasteiger partial charge in [0.05, 0.1) is 28.7 Å². The second-order valence-electron chi connectivity index (χ2n) is 6.95. The van der Waals surface area contributed by atoms with Gasteiger partial charge in [0, 0.05) is 31.4 Å². The van der Waals surface area contributed by atoms with Crippen LogP contribution in [0.4, 0.5) is 13.2 Å². The van der Waals surface area contributed by atoms with Gasteiger partial charge in [-0.3, -0.25) is 4.79 Å². The van der Waals surface area contributed by atoms with Gasteiger partial charge in [-0.05, 0) is 25.8 Å². The summed E-state index contributed by atoms with van der Waals surface area (Å²) in [6.07, 6.45) is 1.63. The molecular formula is C18H18F3N5O2. The zero-order valence-electron chi connectivity index (χ0n) is 15.1. The van der Waals surface area contributed by atoms with E-state index in [1.807, 2.05) is 0 Å². The number of hydrogen-bond donors (Lipinski definition) is 0. The summed E-state index contributed by atoms with van der Waals surface area (Å²) in [6.45, 7) is 2.49. The van der Waals surface area contributed by atoms with Crippen molar-refractivity contribution in [3.63, 3.8) is 0 Å². The highest BCUT2D eigenvalue weighted by molar-refractivity contribution is 5.81. The molecule has 0 bridgehead atoms. The molecule has 1 unspecified atom stereocenters. The second-order valence-corrected chi connectivity index (χ2v) is 6.95. The number of carbonyl (C=O) groups excluding carboxylic acids is 1. The van der Waals surface area contributed by atoms with Gasteiger partial charge >= 0.3 is 6.18 Å². The third kappa shape index (κ3) is 3.46. The molecule has 1 fully saturated rings. The summed E-state index contributed by atoms with van der Waals surface area (Å²) < 4.78 is 47.4. The Hall–Kier alpha value is -2.91. The van der Waals surface area contributed by atoms with Crippen molar-refractivity contribution in [2.45, 2.75) is 38.4 Å². The first-order valence-electron chi connectivity index (χ1n) is 8.90. The maximum Gasteiger partial charge on any atom is 0.417 e. The number of aryl methyl sites for hydroxylation is 1. The third-order valence-corrected chi connectivity index (χ3v) is 5.01. The Bertz CT molecular complexity index is 997. The average Bonchev–Trinajstić information content (AvgIpc) is 3.30. The van der Waals surface area contributed by atoms with Crippen LogP contribution in [0.1, 0.15) is 35.7 Å². The molecule has 1 aliphatic rings. The molecule has 0 aliphatic carbocycles. The van der Waals surface area contributed by atoms with Crippen molar-refractivity contribution in [3.05, 3.63) is 41.7 Å². The number of alkyl halides is 3. The van der Waals surface area contributed by atoms with E-state index in [1.165, 1.54) is 6.92 Å². The molecule has 0 saturated carbocycles. The minimum absolute atomic E-state index is 0.102. The third-order valence-electron chi connectivity index (χ3n) is 5.01. The van der Waals surface area contributed by atoms with E-state index in [0.717, 1.165) is 6.07 Å². The fourth-order valence-corrected chi connectivity index (χ4v) is 3.63. The molecule has 3 aromatic heterocycles. The fourth-order valence-electron chi connectivity index (χ4n) is 3.63. The van der Waals surface area contributed by atoms with Crippen molar-refractivity contribution in [3.8, 4) is 0 Å². The van der Waals surface area contributed by atoms with E-state index in [2.05, 4.69) is 15.1 Å². The number of piperidine rings is 1. The molecule has 4 rings (SSSR count). The Balaban J connectivity index is 1.61. The van der Waals surface area contributed by atoms with Gasteiger partial charge in [0.1, 0.15) is 6.54 Å². The Morgan fingerprint density at radius 1 is 1.39 bits per heavy atom. The second kappa shape index (κ2) is 6.92. The summed E-state index contributed by atoms with van der Waals surface area (Å²) in [5, 5.41) is 3.52. The molecule has 7 nitrogen and oxygen atoms in total. The Kier molecular flexibility index (Phi) is 4.56. The number of carbonyl (C=O) groups is 1. The molecule has 3 aromatic rings. The van der Waals surface area contributed by atoms with E-state index in [0.29, 0.717) is 25.9 Å². The molecule has 1 atom stereocenters. The Morgan fingerprint density at radius 3 is 2.93 bits per heavy atom. The van der Waals surface area contributed by atoms with Gasteiger partial charge in [-0.1, -0.05) is 5.16 Å². The standard InChI is InChI=1S/C18H18F3N5O2/c1-11-16-13(18(19,20)21)7-14(23-17(16)28-24-11)12-3-2-5-26(8-12)15(27)9-25-6-4-22-10-25/h4,6-7,10,12H,2-3,5,8-9H2,1H3. The molecule has 1 aliphatic heterocycles. The molecule has 1 saturated heterocycles. The van der Waals surface area contributed by atoms with Crippen molar-refractivity contribution in [1.82, 2.24) is 24.6 Å². The van der Waals surface area contributed by atoms with Gasteiger partial charge in [-0.25, -0.2) is 9.97 Å². The van der Waals surface area contributed by atoms with Crippen molar-refractivity contribution in [2.75, 3.05) is 13.1 Å². The minimum Gasteiger partial charge on any atom is -0.340 e. The lowest BCUT2D eigenvalue weighted by Gasteiger charge is -2.32. The first-order valence-corrected chi connectivity index (χ1v) is 8.90. The van der Waals surface area contributed by atoms with Gasteiger partial charge in [-0.2, -0.15) is 13.2 Å². The van der Waals surface area contributed by atoms with E-state index in [9.17, 15) is 18.0 Å². The number of pyridine rings is 1. The molecule has 0 radical (unpaired) electrons. The minimum atomic E-state index is -4.54. The van der Waals surface area contributed by atoms with E-state index >= 15 is 0 Å². The molecule has 28 heavy (non-hydrogen) atoms. The molecule has 4 heterocycles. The topological polar surface area (TPSA) is 77.0 Å². The van der Waals surface area contributed by atoms with Crippen LogP contribution in [0, 0.1) is 6.92 Å². The van der Waals surface area contributed by atoms with Crippen LogP contribution in [-0.2, 0) is 17.5 Å². The van der Waals surface area contributed by atoms with Gasteiger partial charge in [0.25, 0.3) is 5.71 Å². The number of nitrogens with zero attached hydrogens (tertiary/aromatic N) is 5. The molecule has 148 valence electrons. The summed E-state index contributed by atoms with van der Waals surface area (Å²) in [5.41, 5.74) is -0.490. The van der Waals surface area contributed by atoms with Crippen LogP contribution >= 0.6 is 0 Å². The quantitative estimate of drug-likeness (QED) is 0.683. The van der Waals surface area contributed by atoms with Crippen molar-refractivity contribution < 1.29 is 22.5 Å². The smallest absolute Gasteiger partial charge is 0.340 e. The number of aromatic nitrogens is 4. The number of likely N-dealkylation sites (tertiary alicyclic amines) is 1. The Morgan fingerprint density at radius 2 is 2.21 bits per heavy atom. The molecular weight excluding hydrogens is 375 g/mol. The largest absolute Gasteiger partial charge is 0.417 e. The van der Waals surface area contributed by atoms with Crippen LogP contribution < -0.4 is 0 Å². The van der Waals surface area contributed by atoms with Crippen molar-refractivity contribution in [1.29, 1.82) is 0 Å². The van der Waals surface area contributed by atoms with E-state index in [4.69, 9.17) is 4.52 Å². The highest BCUT2D eigenvalue weighted by atomic mass is 19.4. The van der Waals surface area contributed by atoms with Crippen LogP contribution in [-0.4, -0.2) is 43.6 Å². The molecule has 0 spiro atoms. The average molecular weight is 393 g/mol. The van der Waals surface area contributed by atoms with E-state index < -0.39 is 11.7 Å². The number of imidazole rings is 1. The number of hydrogen-bond acceptors (Lipinski definition) is 5. The number of fused-ring (bicyclic) bond motifs is 1. The van der Waals surface area contributed by atoms with Crippen LogP contribution in [0.15, 0.2) is 29.3 Å². The number of rotatable bonds is 3. The van der Waals surface area contributed by atoms with Crippen LogP contribution in [0.5, 0.6) is 0 Å². The van der Waals surface area contributed by atoms with Gasteiger partial charge in [0.2, 0.25) is 5.91 Å². The molecule has 10 heteroatoms. The summed E-state index contributed by atoms with van der Waals surface area (Å²) in [5.74, 6) is -0.397. The number of amides is 1. The van der Waals surface area contributed by atoms with Gasteiger partial charge in [-0.15, -0.1) is 0 Å². The van der Waals surface area contributed by atoms with Crippen LogP contribution in [0.25, 0.3) is 11.1 Å². The SMILES string of the molecule is Cc1noc2nc(C3CCCN(C(=O)Cn4ccnc4)C3)cc(C(F)(F)F)c12. The summed E-state index contributed by atoms with van der Waals surface area (Å²) in [7, 11) is 0. The lowest BCUT2D eigenvalue weighted by atomic mass is 9.92. The van der Waals surface area contributed by atoms with Crippen molar-refractivity contribution in [2.24, 2.45) is 0 Å². The molecule has 0 N–H and O–H groups in total. The highest BCUT2D eigenvalue weighted by Gasteiger charge is 2.37. The van der Waals surface area contributed by atoms with Crippen LogP contribution in [0.2, 0.25) is 0 Å². The number of halogens is 3. The lowest BCUT2D eigenvalue weighted by Crippen LogP contribution is -2.41. The van der Waals surface area contributed by atoms with Crippen molar-refractivity contribution >= 4 is 17.0 Å². The monoisotopic (exact) mass is 393 g/mol. The molecule has 1 amide bonds.